The minimum atomic E-state index is -1.10. The van der Waals surface area contributed by atoms with E-state index in [1.54, 1.807) is 26.2 Å². The Hall–Kier alpha value is -9.84. The molecule has 37 heteroatoms. The number of hydrogen-bond acceptors (Lipinski definition) is 27. The van der Waals surface area contributed by atoms with Gasteiger partial charge in [0, 0.05) is 166 Å². The molecule has 794 valence electrons. The zero-order valence-corrected chi connectivity index (χ0v) is 90.9. The molecule has 9 saturated heterocycles. The first kappa shape index (κ1) is 110. The van der Waals surface area contributed by atoms with Crippen molar-refractivity contribution >= 4 is 135 Å². The number of carbonyl (C=O) groups excluding carboxylic acids is 1. The Morgan fingerprint density at radius 3 is 1.24 bits per heavy atom. The van der Waals surface area contributed by atoms with E-state index in [4.69, 9.17) is 73.0 Å². The van der Waals surface area contributed by atoms with Gasteiger partial charge in [-0.05, 0) is 316 Å². The van der Waals surface area contributed by atoms with Gasteiger partial charge in [0.05, 0.1) is 53.4 Å². The van der Waals surface area contributed by atoms with Crippen LogP contribution in [-0.4, -0.2) is 274 Å². The van der Waals surface area contributed by atoms with Gasteiger partial charge in [-0.15, -0.1) is 0 Å². The Labute approximate surface area is 889 Å². The van der Waals surface area contributed by atoms with E-state index in [-0.39, 0.29) is 54.1 Å². The number of anilines is 8. The first-order valence-electron chi connectivity index (χ1n) is 52.7. The van der Waals surface area contributed by atoms with Gasteiger partial charge in [0.1, 0.15) is 34.1 Å². The van der Waals surface area contributed by atoms with Crippen LogP contribution in [-0.2, 0) is 24.8 Å². The molecule has 4 aromatic carbocycles. The molecule has 13 heterocycles. The van der Waals surface area contributed by atoms with E-state index < -0.39 is 46.4 Å². The van der Waals surface area contributed by atoms with Gasteiger partial charge in [0.25, 0.3) is 0 Å². The third-order valence-electron chi connectivity index (χ3n) is 33.0. The van der Waals surface area contributed by atoms with Crippen molar-refractivity contribution in [3.05, 3.63) is 184 Å². The van der Waals surface area contributed by atoms with E-state index in [1.807, 2.05) is 141 Å². The number of carboxylic acids is 4. The zero-order chi connectivity index (χ0) is 105. The Kier molecular flexibility index (Phi) is 35.4. The SMILES string of the molecule is Cc1ccc(C(C)Nc2nc(N3CC(C4CCCN(C5CC(C)(C(=O)O)C5)C4)C3)ncc2C(C)(C)O)c(Cl)c1.Cc1ccc(C(C)Nc2nc(N3CC(C4CCCN(C5CC(C)(C(=O)O)C5)C4)C3)ncc2C)c(Cl)c1.Cc1ccc(C(C)Nc2nc(N3CC(C4CCCN(CCN5CCCC5=O)C4C(=O)O)C3)ncc2Cl)c(Cl)c1.Cc1ccc(C(C)Nc2nc(N3CC(C4CCCN(CCO)C4)C3)ncc2C(=O)O)c(Cl)c1. The number of carboxylic acid groups (broad SMARTS) is 4. The number of carbonyl (C=O) groups is 5. The number of rotatable bonds is 32. The second kappa shape index (κ2) is 47.4. The van der Waals surface area contributed by atoms with E-state index in [1.165, 1.54) is 44.7 Å². The maximum atomic E-state index is 12.4. The molecular weight excluding hydrogens is 1970 g/mol. The smallest absolute Gasteiger partial charge is 0.341 e. The van der Waals surface area contributed by atoms with E-state index >= 15 is 0 Å². The Bertz CT molecular complexity index is 5990. The Morgan fingerprint density at radius 2 is 0.823 bits per heavy atom. The van der Waals surface area contributed by atoms with Crippen molar-refractivity contribution in [3.8, 4) is 0 Å². The standard InChI is InChI=1S/C30H42ClN5O3.C28H36Cl2N6O3.C28H38ClN5O2.C24H32ClN5O3/c1-18-8-9-23(25(31)11-18)19(2)33-26-24(29(3,4)39)14-32-28(34-26)36-16-21(17-36)20-7-6-10-35(15-20)22-12-30(5,13-22)27(37)38;1-17-7-8-20(22(29)13-17)18(2)32-26-23(30)14-31-28(33-26)36-15-19(16-36)21-5-3-10-35(25(21)27(38)39)12-11-34-9-4-6-24(34)37;1-17-7-8-23(24(29)10-17)19(3)31-25-18(2)13-30-27(32-25)34-15-21(16-34)20-6-5-9-33(14-20)22-11-28(4,12-22)26(35)36;1-15-5-6-19(21(25)10-15)16(2)27-22-20(23(32)33)11-26-24(28-22)30-13-18(14-30)17-4-3-7-29(12-17)8-9-31/h8-9,11,14,19-22,39H,6-7,10,12-13,15-17H2,1-5H3,(H,37,38)(H,32,33,34);7-8,13-14,18-19,21,25H,3-6,9-12,15-16H2,1-2H3,(H,38,39)(H,31,32,33);7-8,10,13,19-22H,5-6,9,11-12,14-16H2,1-4H3,(H,35,36)(H,30,31,32);5-6,10-11,16-18,31H,3-4,7-9,12-14H2,1-2H3,(H,32,33)(H,26,27,28). The lowest BCUT2D eigenvalue weighted by molar-refractivity contribution is -0.159. The normalized spacial score (nSPS) is 24.7. The number of nitrogens with zero attached hydrogens (tertiary/aromatic N) is 17. The van der Waals surface area contributed by atoms with E-state index in [2.05, 4.69) is 104 Å². The molecule has 9 atom stereocenters. The lowest BCUT2D eigenvalue weighted by Gasteiger charge is -2.52. The average molecular weight is 2120 g/mol. The summed E-state index contributed by atoms with van der Waals surface area (Å²) >= 11 is 32.3. The minimum absolute atomic E-state index is 0.0337. The van der Waals surface area contributed by atoms with Crippen LogP contribution in [0.5, 0.6) is 0 Å². The zero-order valence-electron chi connectivity index (χ0n) is 87.2. The largest absolute Gasteiger partial charge is 0.481 e. The first-order valence-corrected chi connectivity index (χ1v) is 54.6. The number of benzene rings is 4. The van der Waals surface area contributed by atoms with Gasteiger partial charge in [0.2, 0.25) is 29.7 Å². The summed E-state index contributed by atoms with van der Waals surface area (Å²) in [6.07, 6.45) is 20.3. The van der Waals surface area contributed by atoms with Gasteiger partial charge < -0.3 is 91.1 Å². The fourth-order valence-electron chi connectivity index (χ4n) is 23.7. The molecule has 2 aliphatic carbocycles. The number of aromatic carboxylic acids is 1. The molecule has 2 saturated carbocycles. The van der Waals surface area contributed by atoms with Crippen LogP contribution in [0.2, 0.25) is 25.1 Å². The molecule has 19 rings (SSSR count). The monoisotopic (exact) mass is 2110 g/mol. The summed E-state index contributed by atoms with van der Waals surface area (Å²) in [7, 11) is 0. The molecule has 0 spiro atoms. The summed E-state index contributed by atoms with van der Waals surface area (Å²) in [5.41, 5.74) is 7.82. The highest BCUT2D eigenvalue weighted by molar-refractivity contribution is 6.33. The van der Waals surface area contributed by atoms with Gasteiger partial charge >= 0.3 is 23.9 Å². The number of likely N-dealkylation sites (tertiary alicyclic amines) is 5. The van der Waals surface area contributed by atoms with Crippen LogP contribution in [0.15, 0.2) is 97.6 Å². The number of piperidine rings is 4. The quantitative estimate of drug-likeness (QED) is 0.0187. The molecule has 9 unspecified atom stereocenters. The lowest BCUT2D eigenvalue weighted by Crippen LogP contribution is -2.60. The molecule has 0 bridgehead atoms. The summed E-state index contributed by atoms with van der Waals surface area (Å²) < 4.78 is 0. The van der Waals surface area contributed by atoms with Crippen molar-refractivity contribution in [2.45, 2.75) is 228 Å². The maximum Gasteiger partial charge on any atom is 0.341 e. The summed E-state index contributed by atoms with van der Waals surface area (Å²) in [6.45, 7) is 42.4. The molecule has 8 aromatic rings. The van der Waals surface area contributed by atoms with Crippen LogP contribution in [0.3, 0.4) is 0 Å². The van der Waals surface area contributed by atoms with Crippen LogP contribution < -0.4 is 40.9 Å². The van der Waals surface area contributed by atoms with E-state index in [9.17, 15) is 54.6 Å². The number of aryl methyl sites for hydroxylation is 5. The molecule has 11 aliphatic rings. The Morgan fingerprint density at radius 1 is 0.435 bits per heavy atom. The molecule has 4 aromatic heterocycles. The predicted molar refractivity (Wildman–Crippen MR) is 580 cm³/mol. The number of amides is 1. The molecule has 1 amide bonds. The highest BCUT2D eigenvalue weighted by Crippen LogP contribution is 2.50. The Balaban J connectivity index is 0.000000140. The van der Waals surface area contributed by atoms with Crippen LogP contribution in [0.4, 0.5) is 47.1 Å². The second-order valence-electron chi connectivity index (χ2n) is 44.7. The highest BCUT2D eigenvalue weighted by Gasteiger charge is 2.53. The summed E-state index contributed by atoms with van der Waals surface area (Å²) in [4.78, 5) is 116. The molecule has 32 nitrogen and oxygen atoms in total. The third kappa shape index (κ3) is 26.1. The van der Waals surface area contributed by atoms with Crippen molar-refractivity contribution in [2.24, 2.45) is 58.2 Å². The van der Waals surface area contributed by atoms with Gasteiger partial charge in [-0.2, -0.15) is 19.9 Å². The van der Waals surface area contributed by atoms with Crippen molar-refractivity contribution in [3.63, 3.8) is 0 Å². The van der Waals surface area contributed by atoms with E-state index in [0.29, 0.717) is 141 Å². The lowest BCUT2D eigenvalue weighted by atomic mass is 9.65. The fraction of sp³-hybridized carbons (Fsp3) is 0.591. The van der Waals surface area contributed by atoms with Gasteiger partial charge in [-0.1, -0.05) is 107 Å². The number of aliphatic carboxylic acids is 3. The van der Waals surface area contributed by atoms with Crippen molar-refractivity contribution in [1.29, 1.82) is 0 Å². The first-order chi connectivity index (χ1) is 70.0. The predicted octanol–water partition coefficient (Wildman–Crippen LogP) is 18.5. The highest BCUT2D eigenvalue weighted by atomic mass is 35.5. The van der Waals surface area contributed by atoms with Gasteiger partial charge in [-0.25, -0.2) is 24.7 Å². The molecular formula is C110H148Cl5N21O11. The number of nitrogens with one attached hydrogen (secondary N) is 4. The second-order valence-corrected chi connectivity index (χ2v) is 46.7. The molecule has 147 heavy (non-hydrogen) atoms. The number of β-amino-alcohol motifs (C(OH)–C–C–N with tert-alkyl or cyclic N) is 1. The average Bonchev–Trinajstić information content (AvgIpc) is 1.07. The maximum absolute atomic E-state index is 12.4. The summed E-state index contributed by atoms with van der Waals surface area (Å²) in [5.74, 6) is 5.88. The van der Waals surface area contributed by atoms with Crippen molar-refractivity contribution < 1.29 is 54.6 Å². The van der Waals surface area contributed by atoms with Gasteiger partial charge in [-0.3, -0.25) is 24.1 Å². The number of halogens is 5. The van der Waals surface area contributed by atoms with Gasteiger partial charge in [0.15, 0.2) is 5.82 Å². The minimum Gasteiger partial charge on any atom is -0.481 e. The fourth-order valence-corrected chi connectivity index (χ4v) is 25.4. The summed E-state index contributed by atoms with van der Waals surface area (Å²) in [5, 5.41) is 75.6. The van der Waals surface area contributed by atoms with Crippen molar-refractivity contribution in [2.75, 3.05) is 172 Å². The van der Waals surface area contributed by atoms with Crippen LogP contribution in [0.1, 0.15) is 235 Å². The van der Waals surface area contributed by atoms with E-state index in [0.717, 1.165) is 210 Å². The number of hydrogen-bond donors (Lipinski definition) is 10. The third-order valence-corrected chi connectivity index (χ3v) is 34.6. The molecule has 9 aliphatic heterocycles. The van der Waals surface area contributed by atoms with Crippen LogP contribution in [0, 0.1) is 92.8 Å². The number of aliphatic hydroxyl groups excluding tert-OH is 1. The molecule has 11 fully saturated rings. The topological polar surface area (TPSA) is 387 Å². The molecule has 0 radical (unpaired) electrons. The van der Waals surface area contributed by atoms with Crippen molar-refractivity contribution in [1.82, 2.24) is 64.4 Å². The van der Waals surface area contributed by atoms with Crippen LogP contribution >= 0.6 is 58.0 Å². The van der Waals surface area contributed by atoms with Crippen LogP contribution in [0.25, 0.3) is 0 Å². The summed E-state index contributed by atoms with van der Waals surface area (Å²) in [6, 6.07) is 23.9. The molecule has 10 N–H and O–H groups in total. The number of aromatic nitrogens is 8. The number of aliphatic hydroxyl groups is 2.